The normalized spacial score (nSPS) is 24.7. The van der Waals surface area contributed by atoms with Gasteiger partial charge in [-0.25, -0.2) is 0 Å². The van der Waals surface area contributed by atoms with Gasteiger partial charge in [-0.05, 0) is 42.5 Å². The van der Waals surface area contributed by atoms with Gasteiger partial charge in [0.2, 0.25) is 0 Å². The van der Waals surface area contributed by atoms with Crippen LogP contribution in [0.2, 0.25) is 0 Å². The van der Waals surface area contributed by atoms with Crippen LogP contribution in [-0.2, 0) is 14.4 Å². The van der Waals surface area contributed by atoms with Gasteiger partial charge in [-0.1, -0.05) is 30.4 Å². The van der Waals surface area contributed by atoms with Crippen LogP contribution in [0.3, 0.4) is 0 Å². The van der Waals surface area contributed by atoms with Crippen LogP contribution in [-0.4, -0.2) is 49.6 Å². The Labute approximate surface area is 197 Å². The average Bonchev–Trinajstić information content (AvgIpc) is 3.51. The van der Waals surface area contributed by atoms with E-state index in [0.29, 0.717) is 17.0 Å². The van der Waals surface area contributed by atoms with Crippen LogP contribution in [0, 0.1) is 23.7 Å². The molecule has 0 aromatic heterocycles. The van der Waals surface area contributed by atoms with E-state index in [4.69, 9.17) is 4.74 Å². The molecule has 2 fully saturated rings. The molecular formula is C26H26N4O4. The third-order valence-electron chi connectivity index (χ3n) is 6.69. The van der Waals surface area contributed by atoms with E-state index in [1.54, 1.807) is 24.3 Å². The molecule has 2 aliphatic carbocycles. The molecule has 3 aliphatic rings. The maximum absolute atomic E-state index is 12.9. The lowest BCUT2D eigenvalue weighted by molar-refractivity contribution is -0.140. The number of imide groups is 1. The van der Waals surface area contributed by atoms with Gasteiger partial charge < -0.3 is 15.0 Å². The second-order valence-corrected chi connectivity index (χ2v) is 9.05. The fourth-order valence-corrected chi connectivity index (χ4v) is 5.02. The molecule has 1 saturated carbocycles. The molecule has 0 radical (unpaired) electrons. The van der Waals surface area contributed by atoms with Gasteiger partial charge in [-0.2, -0.15) is 10.1 Å². The summed E-state index contributed by atoms with van der Waals surface area (Å²) in [4.78, 5) is 40.1. The molecule has 174 valence electrons. The number of amides is 3. The van der Waals surface area contributed by atoms with Crippen LogP contribution in [0.1, 0.15) is 12.0 Å². The molecule has 4 atom stereocenters. The Morgan fingerprint density at radius 2 is 1.76 bits per heavy atom. The number of fused-ring (bicyclic) bond motifs is 5. The van der Waals surface area contributed by atoms with E-state index >= 15 is 0 Å². The highest BCUT2D eigenvalue weighted by Crippen LogP contribution is 2.52. The van der Waals surface area contributed by atoms with Gasteiger partial charge >= 0.3 is 0 Å². The number of carbonyl (C=O) groups excluding carboxylic acids is 3. The number of allylic oxidation sites excluding steroid dienone is 2. The van der Waals surface area contributed by atoms with Crippen LogP contribution < -0.4 is 15.0 Å². The Bertz CT molecular complexity index is 1160. The fraction of sp³-hybridized carbons (Fsp3) is 0.308. The topological polar surface area (TPSA) is 91.3 Å². The van der Waals surface area contributed by atoms with Crippen molar-refractivity contribution in [1.82, 2.24) is 5.01 Å². The number of nitrogens with one attached hydrogen (secondary N) is 1. The zero-order chi connectivity index (χ0) is 23.8. The van der Waals surface area contributed by atoms with Gasteiger partial charge in [0.15, 0.2) is 6.61 Å². The van der Waals surface area contributed by atoms with E-state index < -0.39 is 0 Å². The van der Waals surface area contributed by atoms with Crippen LogP contribution in [0.5, 0.6) is 5.75 Å². The molecule has 3 amide bonds. The highest BCUT2D eigenvalue weighted by Gasteiger charge is 2.59. The van der Waals surface area contributed by atoms with Crippen LogP contribution in [0.15, 0.2) is 65.8 Å². The summed E-state index contributed by atoms with van der Waals surface area (Å²) in [5.41, 5.74) is 2.12. The number of hydrogen-bond acceptors (Lipinski definition) is 6. The van der Waals surface area contributed by atoms with E-state index in [0.717, 1.165) is 17.1 Å². The SMILES string of the molecule is CN(C)c1ccc(C=NN2C(=O)C3C4C=CC(C4)C3C2=O)c(OCC(=O)Nc2ccccc2)c1. The minimum Gasteiger partial charge on any atom is -0.483 e. The van der Waals surface area contributed by atoms with Crippen molar-refractivity contribution in [2.45, 2.75) is 6.42 Å². The van der Waals surface area contributed by atoms with Gasteiger partial charge in [0.1, 0.15) is 5.75 Å². The van der Waals surface area contributed by atoms with Gasteiger partial charge in [-0.3, -0.25) is 14.4 Å². The van der Waals surface area contributed by atoms with Crippen molar-refractivity contribution in [1.29, 1.82) is 0 Å². The Balaban J connectivity index is 1.32. The van der Waals surface area contributed by atoms with Crippen molar-refractivity contribution in [2.24, 2.45) is 28.8 Å². The predicted octanol–water partition coefficient (Wildman–Crippen LogP) is 2.91. The summed E-state index contributed by atoms with van der Waals surface area (Å²) in [5, 5.41) is 8.04. The number of carbonyl (C=O) groups is 3. The van der Waals surface area contributed by atoms with E-state index in [-0.39, 0.29) is 48.0 Å². The largest absolute Gasteiger partial charge is 0.483 e. The molecule has 5 rings (SSSR count). The number of hydrazone groups is 1. The lowest BCUT2D eigenvalue weighted by Gasteiger charge is -2.16. The van der Waals surface area contributed by atoms with Gasteiger partial charge in [-0.15, -0.1) is 0 Å². The molecule has 1 saturated heterocycles. The highest BCUT2D eigenvalue weighted by molar-refractivity contribution is 6.07. The Morgan fingerprint density at radius 1 is 1.09 bits per heavy atom. The van der Waals surface area contributed by atoms with E-state index in [2.05, 4.69) is 22.6 Å². The summed E-state index contributed by atoms with van der Waals surface area (Å²) in [6, 6.07) is 14.6. The Hall–Kier alpha value is -3.94. The second-order valence-electron chi connectivity index (χ2n) is 9.05. The molecule has 2 bridgehead atoms. The van der Waals surface area contributed by atoms with Crippen LogP contribution >= 0.6 is 0 Å². The zero-order valence-electron chi connectivity index (χ0n) is 19.0. The van der Waals surface area contributed by atoms with Crippen LogP contribution in [0.4, 0.5) is 11.4 Å². The molecule has 0 spiro atoms. The number of nitrogens with zero attached hydrogens (tertiary/aromatic N) is 3. The summed E-state index contributed by atoms with van der Waals surface area (Å²) in [6.45, 7) is -0.201. The molecule has 8 heteroatoms. The molecule has 34 heavy (non-hydrogen) atoms. The number of para-hydroxylation sites is 1. The minimum atomic E-state index is -0.301. The summed E-state index contributed by atoms with van der Waals surface area (Å²) in [5.74, 6) is -0.679. The van der Waals surface area contributed by atoms with Crippen molar-refractivity contribution in [3.63, 3.8) is 0 Å². The fourth-order valence-electron chi connectivity index (χ4n) is 5.02. The van der Waals surface area contributed by atoms with Gasteiger partial charge in [0.25, 0.3) is 17.7 Å². The van der Waals surface area contributed by atoms with E-state index in [9.17, 15) is 14.4 Å². The Morgan fingerprint density at radius 3 is 2.41 bits per heavy atom. The number of rotatable bonds is 7. The summed E-state index contributed by atoms with van der Waals surface area (Å²) < 4.78 is 5.82. The molecule has 1 heterocycles. The van der Waals surface area contributed by atoms with Crippen LogP contribution in [0.25, 0.3) is 0 Å². The lowest BCUT2D eigenvalue weighted by atomic mass is 9.85. The number of benzene rings is 2. The van der Waals surface area contributed by atoms with Crippen molar-refractivity contribution >= 4 is 35.3 Å². The first-order valence-corrected chi connectivity index (χ1v) is 11.3. The van der Waals surface area contributed by atoms with Crippen molar-refractivity contribution < 1.29 is 19.1 Å². The molecule has 8 nitrogen and oxygen atoms in total. The van der Waals surface area contributed by atoms with E-state index in [1.807, 2.05) is 43.3 Å². The number of anilines is 2. The minimum absolute atomic E-state index is 0.132. The number of ether oxygens (including phenoxy) is 1. The zero-order valence-corrected chi connectivity index (χ0v) is 19.0. The lowest BCUT2D eigenvalue weighted by Crippen LogP contribution is -2.28. The van der Waals surface area contributed by atoms with E-state index in [1.165, 1.54) is 6.21 Å². The highest BCUT2D eigenvalue weighted by atomic mass is 16.5. The average molecular weight is 459 g/mol. The quantitative estimate of drug-likeness (QED) is 0.391. The molecular weight excluding hydrogens is 432 g/mol. The standard InChI is InChI=1S/C26H26N4O4/c1-29(2)20-11-10-18(21(13-20)34-15-22(31)28-19-6-4-3-5-7-19)14-27-30-25(32)23-16-8-9-17(12-16)24(23)26(30)33/h3-11,13-14,16-17,23-24H,12,15H2,1-2H3,(H,28,31). The van der Waals surface area contributed by atoms with Crippen molar-refractivity contribution in [3.8, 4) is 5.75 Å². The molecule has 1 N–H and O–H groups in total. The second kappa shape index (κ2) is 8.78. The smallest absolute Gasteiger partial charge is 0.262 e. The first kappa shape index (κ1) is 21.9. The molecule has 2 aromatic rings. The van der Waals surface area contributed by atoms with Gasteiger partial charge in [0.05, 0.1) is 18.1 Å². The van der Waals surface area contributed by atoms with Crippen molar-refractivity contribution in [3.05, 3.63) is 66.2 Å². The first-order chi connectivity index (χ1) is 16.4. The monoisotopic (exact) mass is 458 g/mol. The maximum Gasteiger partial charge on any atom is 0.262 e. The summed E-state index contributed by atoms with van der Waals surface area (Å²) in [7, 11) is 3.80. The number of hydrogen-bond donors (Lipinski definition) is 1. The van der Waals surface area contributed by atoms with Crippen molar-refractivity contribution in [2.75, 3.05) is 30.9 Å². The third-order valence-corrected chi connectivity index (χ3v) is 6.69. The molecule has 1 aliphatic heterocycles. The Kier molecular flexibility index (Phi) is 5.65. The third kappa shape index (κ3) is 3.96. The molecule has 2 aromatic carbocycles. The first-order valence-electron chi connectivity index (χ1n) is 11.3. The molecule has 4 unspecified atom stereocenters. The predicted molar refractivity (Wildman–Crippen MR) is 128 cm³/mol. The maximum atomic E-state index is 12.9. The summed E-state index contributed by atoms with van der Waals surface area (Å²) in [6.07, 6.45) is 6.43. The van der Waals surface area contributed by atoms with Gasteiger partial charge in [0, 0.05) is 37.1 Å². The summed E-state index contributed by atoms with van der Waals surface area (Å²) >= 11 is 0.